The van der Waals surface area contributed by atoms with Gasteiger partial charge in [0.05, 0.1) is 21.4 Å². The Morgan fingerprint density at radius 1 is 0.750 bits per heavy atom. The molecule has 0 bridgehead atoms. The van der Waals surface area contributed by atoms with Crippen LogP contribution < -0.4 is 10.6 Å². The number of rotatable bonds is 5. The lowest BCUT2D eigenvalue weighted by Crippen LogP contribution is -2.13. The first-order chi connectivity index (χ1) is 11.4. The van der Waals surface area contributed by atoms with E-state index >= 15 is 0 Å². The molecule has 24 heavy (non-hydrogen) atoms. The molecule has 0 unspecified atom stereocenters. The van der Waals surface area contributed by atoms with Crippen molar-refractivity contribution in [3.63, 3.8) is 0 Å². The summed E-state index contributed by atoms with van der Waals surface area (Å²) in [6, 6.07) is 10.3. The molecule has 0 aromatic heterocycles. The van der Waals surface area contributed by atoms with Crippen molar-refractivity contribution >= 4 is 69.6 Å². The summed E-state index contributed by atoms with van der Waals surface area (Å²) in [5, 5.41) is 5.95. The fourth-order valence-electron chi connectivity index (χ4n) is 1.96. The maximum Gasteiger partial charge on any atom is 0.239 e. The van der Waals surface area contributed by atoms with Crippen LogP contribution >= 0.6 is 46.4 Å². The first-order valence-corrected chi connectivity index (χ1v) is 8.58. The zero-order valence-electron chi connectivity index (χ0n) is 12.2. The highest BCUT2D eigenvalue weighted by Gasteiger charge is 2.09. The number of nitrogens with one attached hydrogen (secondary N) is 2. The van der Waals surface area contributed by atoms with E-state index in [1.165, 1.54) is 0 Å². The van der Waals surface area contributed by atoms with Gasteiger partial charge < -0.3 is 10.6 Å². The summed E-state index contributed by atoms with van der Waals surface area (Å²) in [5.74, 6) is -0.978. The Morgan fingerprint density at radius 3 is 1.42 bits per heavy atom. The van der Waals surface area contributed by atoms with E-state index < -0.39 is 0 Å². The average molecular weight is 406 g/mol. The van der Waals surface area contributed by atoms with Gasteiger partial charge in [0.1, 0.15) is 11.8 Å². The van der Waals surface area contributed by atoms with Gasteiger partial charge in [0.25, 0.3) is 0 Å². The van der Waals surface area contributed by atoms with Crippen molar-refractivity contribution in [3.8, 4) is 11.1 Å². The monoisotopic (exact) mass is 404 g/mol. The van der Waals surface area contributed by atoms with E-state index in [1.54, 1.807) is 36.4 Å². The van der Waals surface area contributed by atoms with Crippen molar-refractivity contribution in [1.29, 1.82) is 0 Å². The van der Waals surface area contributed by atoms with Crippen LogP contribution in [0.3, 0.4) is 0 Å². The summed E-state index contributed by atoms with van der Waals surface area (Å²) in [6.07, 6.45) is 0. The lowest BCUT2D eigenvalue weighted by atomic mass is 10.0. The van der Waals surface area contributed by atoms with Crippen LogP contribution in [0.1, 0.15) is 0 Å². The smallest absolute Gasteiger partial charge is 0.239 e. The summed E-state index contributed by atoms with van der Waals surface area (Å²) in [4.78, 5) is 22.6. The largest absolute Gasteiger partial charge is 0.324 e. The minimum atomic E-state index is -0.339. The summed E-state index contributed by atoms with van der Waals surface area (Å²) >= 11 is 23.3. The van der Waals surface area contributed by atoms with Gasteiger partial charge in [0.2, 0.25) is 11.8 Å². The molecule has 2 aromatic carbocycles. The number of alkyl halides is 2. The summed E-state index contributed by atoms with van der Waals surface area (Å²) in [5.41, 5.74) is 2.56. The van der Waals surface area contributed by atoms with Crippen molar-refractivity contribution < 1.29 is 9.59 Å². The third-order valence-electron chi connectivity index (χ3n) is 3.06. The maximum absolute atomic E-state index is 11.3. The second kappa shape index (κ2) is 8.58. The molecular weight excluding hydrogens is 394 g/mol. The second-order valence-electron chi connectivity index (χ2n) is 4.75. The van der Waals surface area contributed by atoms with E-state index in [9.17, 15) is 9.59 Å². The van der Waals surface area contributed by atoms with Crippen molar-refractivity contribution in [3.05, 3.63) is 46.4 Å². The Kier molecular flexibility index (Phi) is 6.75. The number of amides is 2. The number of hydrogen-bond acceptors (Lipinski definition) is 2. The molecule has 4 nitrogen and oxygen atoms in total. The van der Waals surface area contributed by atoms with Gasteiger partial charge in [0, 0.05) is 0 Å². The van der Waals surface area contributed by atoms with Crippen molar-refractivity contribution in [2.45, 2.75) is 0 Å². The van der Waals surface area contributed by atoms with Crippen LogP contribution in [-0.2, 0) is 9.59 Å². The van der Waals surface area contributed by atoms with Gasteiger partial charge in [-0.15, -0.1) is 23.2 Å². The molecule has 0 radical (unpaired) electrons. The molecule has 0 saturated carbocycles. The lowest BCUT2D eigenvalue weighted by molar-refractivity contribution is -0.114. The highest BCUT2D eigenvalue weighted by molar-refractivity contribution is 6.36. The van der Waals surface area contributed by atoms with E-state index in [2.05, 4.69) is 10.6 Å². The zero-order chi connectivity index (χ0) is 17.7. The molecule has 0 spiro atoms. The van der Waals surface area contributed by atoms with E-state index in [0.717, 1.165) is 11.1 Å². The molecule has 2 aromatic rings. The zero-order valence-corrected chi connectivity index (χ0v) is 15.2. The normalized spacial score (nSPS) is 10.3. The van der Waals surface area contributed by atoms with Crippen LogP contribution in [0.2, 0.25) is 10.0 Å². The SMILES string of the molecule is O=C(CCl)Nc1ccc(-c2ccc(NC(=O)CCl)c(Cl)c2)cc1Cl. The van der Waals surface area contributed by atoms with Crippen LogP contribution in [0, 0.1) is 0 Å². The highest BCUT2D eigenvalue weighted by atomic mass is 35.5. The van der Waals surface area contributed by atoms with Crippen molar-refractivity contribution in [1.82, 2.24) is 0 Å². The van der Waals surface area contributed by atoms with E-state index in [1.807, 2.05) is 0 Å². The molecule has 0 fully saturated rings. The first-order valence-electron chi connectivity index (χ1n) is 6.75. The number of anilines is 2. The van der Waals surface area contributed by atoms with Gasteiger partial charge in [-0.1, -0.05) is 35.3 Å². The van der Waals surface area contributed by atoms with Crippen LogP contribution in [0.4, 0.5) is 11.4 Å². The fraction of sp³-hybridized carbons (Fsp3) is 0.125. The third kappa shape index (κ3) is 4.77. The van der Waals surface area contributed by atoms with Crippen LogP contribution in [0.5, 0.6) is 0 Å². The Bertz CT molecular complexity index is 715. The molecule has 0 aliphatic carbocycles. The van der Waals surface area contributed by atoms with Crippen LogP contribution in [0.25, 0.3) is 11.1 Å². The lowest BCUT2D eigenvalue weighted by Gasteiger charge is -2.10. The van der Waals surface area contributed by atoms with Gasteiger partial charge in [-0.2, -0.15) is 0 Å². The number of hydrogen-bond donors (Lipinski definition) is 2. The van der Waals surface area contributed by atoms with Crippen molar-refractivity contribution in [2.75, 3.05) is 22.4 Å². The number of halogens is 4. The Hall–Kier alpha value is -1.46. The Morgan fingerprint density at radius 2 is 1.12 bits per heavy atom. The minimum Gasteiger partial charge on any atom is -0.324 e. The topological polar surface area (TPSA) is 58.2 Å². The first kappa shape index (κ1) is 18.9. The molecule has 0 atom stereocenters. The maximum atomic E-state index is 11.3. The molecule has 0 heterocycles. The quantitative estimate of drug-likeness (QED) is 0.686. The molecular formula is C16H12Cl4N2O2. The predicted molar refractivity (Wildman–Crippen MR) is 101 cm³/mol. The Balaban J connectivity index is 2.25. The molecule has 8 heteroatoms. The summed E-state index contributed by atoms with van der Waals surface area (Å²) < 4.78 is 0. The molecule has 0 aliphatic heterocycles. The Labute approximate surface area is 159 Å². The number of carbonyl (C=O) groups excluding carboxylic acids is 2. The van der Waals surface area contributed by atoms with Crippen LogP contribution in [-0.4, -0.2) is 23.6 Å². The molecule has 2 N–H and O–H groups in total. The minimum absolute atomic E-state index is 0.150. The van der Waals surface area contributed by atoms with E-state index in [4.69, 9.17) is 46.4 Å². The molecule has 0 saturated heterocycles. The van der Waals surface area contributed by atoms with Gasteiger partial charge in [-0.05, 0) is 35.4 Å². The van der Waals surface area contributed by atoms with Crippen molar-refractivity contribution in [2.24, 2.45) is 0 Å². The summed E-state index contributed by atoms with van der Waals surface area (Å²) in [7, 11) is 0. The average Bonchev–Trinajstić information content (AvgIpc) is 2.58. The molecule has 2 rings (SSSR count). The molecule has 126 valence electrons. The predicted octanol–water partition coefficient (Wildman–Crippen LogP) is 5.02. The van der Waals surface area contributed by atoms with Crippen LogP contribution in [0.15, 0.2) is 36.4 Å². The fourth-order valence-corrected chi connectivity index (χ4v) is 2.55. The van der Waals surface area contributed by atoms with E-state index in [-0.39, 0.29) is 23.6 Å². The highest BCUT2D eigenvalue weighted by Crippen LogP contribution is 2.32. The molecule has 2 amide bonds. The second-order valence-corrected chi connectivity index (χ2v) is 6.10. The standard InChI is InChI=1S/C16H12Cl4N2O2/c17-7-15(23)21-13-3-1-9(5-11(13)19)10-2-4-14(12(20)6-10)22-16(24)8-18/h1-6H,7-8H2,(H,21,23)(H,22,24). The number of benzene rings is 2. The van der Waals surface area contributed by atoms with Gasteiger partial charge in [0.15, 0.2) is 0 Å². The van der Waals surface area contributed by atoms with Gasteiger partial charge in [-0.3, -0.25) is 9.59 Å². The molecule has 0 aliphatic rings. The number of carbonyl (C=O) groups is 2. The van der Waals surface area contributed by atoms with E-state index in [0.29, 0.717) is 21.4 Å². The van der Waals surface area contributed by atoms with Gasteiger partial charge >= 0.3 is 0 Å². The third-order valence-corrected chi connectivity index (χ3v) is 4.17. The summed E-state index contributed by atoms with van der Waals surface area (Å²) in [6.45, 7) is 0. The van der Waals surface area contributed by atoms with Gasteiger partial charge in [-0.25, -0.2) is 0 Å².